The van der Waals surface area contributed by atoms with Crippen molar-refractivity contribution in [3.05, 3.63) is 170 Å². The molecule has 2 aromatic heterocycles. The lowest BCUT2D eigenvalue weighted by Gasteiger charge is -2.13. The Kier molecular flexibility index (Phi) is 6.15. The van der Waals surface area contributed by atoms with Crippen molar-refractivity contribution >= 4 is 54.1 Å². The van der Waals surface area contributed by atoms with Crippen LogP contribution in [0.4, 0.5) is 0 Å². The van der Waals surface area contributed by atoms with Gasteiger partial charge in [0.2, 0.25) is 0 Å². The van der Waals surface area contributed by atoms with E-state index >= 15 is 0 Å². The summed E-state index contributed by atoms with van der Waals surface area (Å²) in [6.07, 6.45) is 0. The molecule has 0 radical (unpaired) electrons. The van der Waals surface area contributed by atoms with Gasteiger partial charge in [-0.25, -0.2) is 15.0 Å². The molecular formula is C45H28N4. The van der Waals surface area contributed by atoms with Crippen LogP contribution in [0.2, 0.25) is 0 Å². The van der Waals surface area contributed by atoms with Gasteiger partial charge in [-0.3, -0.25) is 0 Å². The molecular weight excluding hydrogens is 597 g/mol. The first-order valence-electron chi connectivity index (χ1n) is 16.5. The van der Waals surface area contributed by atoms with Crippen molar-refractivity contribution < 1.29 is 0 Å². The summed E-state index contributed by atoms with van der Waals surface area (Å²) in [5.41, 5.74) is 6.28. The van der Waals surface area contributed by atoms with Gasteiger partial charge in [-0.1, -0.05) is 127 Å². The second kappa shape index (κ2) is 11.0. The highest BCUT2D eigenvalue weighted by atomic mass is 15.0. The van der Waals surface area contributed by atoms with Crippen LogP contribution in [0.1, 0.15) is 0 Å². The molecule has 8 aromatic carbocycles. The lowest BCUT2D eigenvalue weighted by atomic mass is 9.93. The number of para-hydroxylation sites is 1. The Morgan fingerprint density at radius 3 is 1.22 bits per heavy atom. The number of hydrogen-bond donors (Lipinski definition) is 0. The van der Waals surface area contributed by atoms with Crippen LogP contribution in [0.3, 0.4) is 0 Å². The maximum atomic E-state index is 4.95. The van der Waals surface area contributed by atoms with Gasteiger partial charge >= 0.3 is 0 Å². The summed E-state index contributed by atoms with van der Waals surface area (Å²) in [6.45, 7) is 0. The van der Waals surface area contributed by atoms with E-state index in [2.05, 4.69) is 114 Å². The Hall–Kier alpha value is -6.65. The SMILES string of the molecule is c1ccc(-c2nc(-c3ccccc3)nc(-c3ccc(-n4c5ccccc5c5cc6c7ccccc7c7ccccc7c6cc54)cc3)n2)cc1. The second-order valence-corrected chi connectivity index (χ2v) is 12.4. The number of aromatic nitrogens is 4. The van der Waals surface area contributed by atoms with Crippen molar-refractivity contribution in [2.45, 2.75) is 0 Å². The van der Waals surface area contributed by atoms with Gasteiger partial charge < -0.3 is 4.57 Å². The first-order chi connectivity index (χ1) is 24.3. The summed E-state index contributed by atoms with van der Waals surface area (Å²) in [5, 5.41) is 10.1. The number of benzene rings is 8. The summed E-state index contributed by atoms with van der Waals surface area (Å²) >= 11 is 0. The van der Waals surface area contributed by atoms with Crippen LogP contribution >= 0.6 is 0 Å². The zero-order chi connectivity index (χ0) is 32.3. The molecule has 0 N–H and O–H groups in total. The molecule has 2 heterocycles. The number of hydrogen-bond acceptors (Lipinski definition) is 3. The van der Waals surface area contributed by atoms with Gasteiger partial charge in [0.25, 0.3) is 0 Å². The maximum Gasteiger partial charge on any atom is 0.164 e. The lowest BCUT2D eigenvalue weighted by Crippen LogP contribution is -2.00. The van der Waals surface area contributed by atoms with Crippen LogP contribution in [0.25, 0.3) is 94.0 Å². The van der Waals surface area contributed by atoms with Gasteiger partial charge in [-0.2, -0.15) is 0 Å². The van der Waals surface area contributed by atoms with Crippen molar-refractivity contribution in [1.29, 1.82) is 0 Å². The number of fused-ring (bicyclic) bond motifs is 9. The number of nitrogens with zero attached hydrogens (tertiary/aromatic N) is 4. The van der Waals surface area contributed by atoms with E-state index in [1.54, 1.807) is 0 Å². The first-order valence-corrected chi connectivity index (χ1v) is 16.5. The predicted octanol–water partition coefficient (Wildman–Crippen LogP) is 11.4. The highest BCUT2D eigenvalue weighted by Crippen LogP contribution is 2.41. The van der Waals surface area contributed by atoms with E-state index < -0.39 is 0 Å². The van der Waals surface area contributed by atoms with Crippen molar-refractivity contribution in [2.24, 2.45) is 0 Å². The second-order valence-electron chi connectivity index (χ2n) is 12.4. The normalized spacial score (nSPS) is 11.7. The Labute approximate surface area is 282 Å². The van der Waals surface area contributed by atoms with E-state index in [4.69, 9.17) is 15.0 Å². The number of rotatable bonds is 4. The van der Waals surface area contributed by atoms with E-state index in [9.17, 15) is 0 Å². The predicted molar refractivity (Wildman–Crippen MR) is 203 cm³/mol. The fourth-order valence-electron chi connectivity index (χ4n) is 7.34. The van der Waals surface area contributed by atoms with Crippen LogP contribution in [0.15, 0.2) is 170 Å². The first kappa shape index (κ1) is 27.5. The topological polar surface area (TPSA) is 43.6 Å². The maximum absolute atomic E-state index is 4.95. The summed E-state index contributed by atoms with van der Waals surface area (Å²) in [4.78, 5) is 14.8. The standard InChI is InChI=1S/C45H28N4/c1-3-13-29(14-4-1)43-46-44(30-15-5-2-6-16-30)48-45(47-43)31-23-25-32(26-24-31)49-41-22-12-11-21-37(41)40-27-38-35-19-9-7-17-33(35)34-18-8-10-20-36(34)39(38)28-42(40)49/h1-28H. The average Bonchev–Trinajstić information content (AvgIpc) is 3.51. The third-order valence-corrected chi connectivity index (χ3v) is 9.62. The molecule has 0 fully saturated rings. The molecule has 0 aliphatic carbocycles. The molecule has 0 amide bonds. The van der Waals surface area contributed by atoms with Gasteiger partial charge in [0.05, 0.1) is 11.0 Å². The lowest BCUT2D eigenvalue weighted by molar-refractivity contribution is 1.07. The van der Waals surface area contributed by atoms with Crippen LogP contribution in [-0.4, -0.2) is 19.5 Å². The van der Waals surface area contributed by atoms with Crippen LogP contribution in [0.5, 0.6) is 0 Å². The molecule has 228 valence electrons. The minimum atomic E-state index is 0.644. The molecule has 0 atom stereocenters. The van der Waals surface area contributed by atoms with Crippen LogP contribution in [-0.2, 0) is 0 Å². The molecule has 0 spiro atoms. The summed E-state index contributed by atoms with van der Waals surface area (Å²) < 4.78 is 2.38. The molecule has 0 aliphatic heterocycles. The summed E-state index contributed by atoms with van der Waals surface area (Å²) in [5.74, 6) is 1.95. The van der Waals surface area contributed by atoms with E-state index in [-0.39, 0.29) is 0 Å². The molecule has 0 saturated carbocycles. The minimum Gasteiger partial charge on any atom is -0.309 e. The van der Waals surface area contributed by atoms with Crippen LogP contribution < -0.4 is 0 Å². The highest BCUT2D eigenvalue weighted by Gasteiger charge is 2.17. The molecule has 4 nitrogen and oxygen atoms in total. The van der Waals surface area contributed by atoms with Gasteiger partial charge in [0.15, 0.2) is 17.5 Å². The van der Waals surface area contributed by atoms with Crippen molar-refractivity contribution in [3.8, 4) is 39.9 Å². The Balaban J connectivity index is 1.18. The van der Waals surface area contributed by atoms with E-state index in [1.165, 1.54) is 54.1 Å². The molecule has 0 saturated heterocycles. The molecule has 4 heteroatoms. The summed E-state index contributed by atoms with van der Waals surface area (Å²) in [6, 6.07) is 59.8. The quantitative estimate of drug-likeness (QED) is 0.183. The Bertz CT molecular complexity index is 2800. The highest BCUT2D eigenvalue weighted by molar-refractivity contribution is 6.28. The van der Waals surface area contributed by atoms with E-state index in [1.807, 2.05) is 60.7 Å². The van der Waals surface area contributed by atoms with Crippen LogP contribution in [0, 0.1) is 0 Å². The molecule has 0 bridgehead atoms. The van der Waals surface area contributed by atoms with Gasteiger partial charge in [-0.05, 0) is 74.8 Å². The monoisotopic (exact) mass is 624 g/mol. The molecule has 10 aromatic rings. The van der Waals surface area contributed by atoms with Gasteiger partial charge in [0.1, 0.15) is 0 Å². The van der Waals surface area contributed by atoms with E-state index in [0.717, 1.165) is 22.4 Å². The van der Waals surface area contributed by atoms with Crippen molar-refractivity contribution in [1.82, 2.24) is 19.5 Å². The molecule has 0 unspecified atom stereocenters. The van der Waals surface area contributed by atoms with E-state index in [0.29, 0.717) is 17.5 Å². The zero-order valence-corrected chi connectivity index (χ0v) is 26.5. The van der Waals surface area contributed by atoms with Crippen molar-refractivity contribution in [2.75, 3.05) is 0 Å². The van der Waals surface area contributed by atoms with Gasteiger partial charge in [-0.15, -0.1) is 0 Å². The Morgan fingerprint density at radius 1 is 0.286 bits per heavy atom. The van der Waals surface area contributed by atoms with Crippen molar-refractivity contribution in [3.63, 3.8) is 0 Å². The third kappa shape index (κ3) is 4.42. The smallest absolute Gasteiger partial charge is 0.164 e. The molecule has 10 rings (SSSR count). The molecule has 0 aliphatic rings. The van der Waals surface area contributed by atoms with Gasteiger partial charge in [0, 0.05) is 33.2 Å². The zero-order valence-electron chi connectivity index (χ0n) is 26.5. The fourth-order valence-corrected chi connectivity index (χ4v) is 7.34. The largest absolute Gasteiger partial charge is 0.309 e. The third-order valence-electron chi connectivity index (χ3n) is 9.62. The molecule has 49 heavy (non-hydrogen) atoms. The average molecular weight is 625 g/mol. The fraction of sp³-hybridized carbons (Fsp3) is 0. The minimum absolute atomic E-state index is 0.644. The Morgan fingerprint density at radius 2 is 0.694 bits per heavy atom. The summed E-state index contributed by atoms with van der Waals surface area (Å²) in [7, 11) is 0.